The first kappa shape index (κ1) is 21.4. The van der Waals surface area contributed by atoms with Gasteiger partial charge in [-0.25, -0.2) is 4.79 Å². The smallest absolute Gasteiger partial charge is 0.324 e. The number of benzene rings is 2. The Morgan fingerprint density at radius 3 is 2.69 bits per heavy atom. The van der Waals surface area contributed by atoms with Crippen molar-refractivity contribution >= 4 is 28.7 Å². The van der Waals surface area contributed by atoms with Crippen molar-refractivity contribution in [3.8, 4) is 5.75 Å². The van der Waals surface area contributed by atoms with Crippen LogP contribution in [0.4, 0.5) is 4.79 Å². The molecule has 0 saturated carbocycles. The van der Waals surface area contributed by atoms with Crippen molar-refractivity contribution in [3.63, 3.8) is 0 Å². The number of carbonyl (C=O) groups is 3. The third-order valence-corrected chi connectivity index (χ3v) is 5.65. The molecule has 0 bridgehead atoms. The lowest BCUT2D eigenvalue weighted by molar-refractivity contribution is -0.130. The number of methoxy groups -OCH3 is 1. The minimum atomic E-state index is -0.840. The first-order chi connectivity index (χ1) is 15.6. The molecule has 1 atom stereocenters. The number of urea groups is 1. The number of ether oxygens (including phenoxy) is 1. The maximum Gasteiger partial charge on any atom is 0.324 e. The standard InChI is InChI=1S/C24H26N4O4/c1-32-21-9-5-3-7-18(21)11-14-28-23(30)19(26-24(28)31)16-22(29)25-12-15-27-13-10-17-6-2-4-8-20(17)27/h2-10,13,19H,11-12,14-16H2,1H3,(H,25,29)(H,26,31)/t19-/m0/s1. The van der Waals surface area contributed by atoms with Crippen LogP contribution in [0.3, 0.4) is 0 Å². The summed E-state index contributed by atoms with van der Waals surface area (Å²) in [6.07, 6.45) is 2.38. The van der Waals surface area contributed by atoms with Gasteiger partial charge in [0.2, 0.25) is 5.91 Å². The van der Waals surface area contributed by atoms with Gasteiger partial charge in [-0.05, 0) is 35.6 Å². The number of fused-ring (bicyclic) bond motifs is 1. The molecule has 4 rings (SSSR count). The number of nitrogens with zero attached hydrogens (tertiary/aromatic N) is 2. The van der Waals surface area contributed by atoms with Crippen LogP contribution in [0.1, 0.15) is 12.0 Å². The highest BCUT2D eigenvalue weighted by atomic mass is 16.5. The number of hydrogen-bond donors (Lipinski definition) is 2. The maximum atomic E-state index is 12.7. The summed E-state index contributed by atoms with van der Waals surface area (Å²) in [4.78, 5) is 38.5. The van der Waals surface area contributed by atoms with Gasteiger partial charge in [-0.2, -0.15) is 0 Å². The molecule has 1 saturated heterocycles. The number of hydrogen-bond acceptors (Lipinski definition) is 4. The predicted molar refractivity (Wildman–Crippen MR) is 120 cm³/mol. The van der Waals surface area contributed by atoms with Gasteiger partial charge >= 0.3 is 6.03 Å². The van der Waals surface area contributed by atoms with E-state index in [1.807, 2.05) is 60.8 Å². The summed E-state index contributed by atoms with van der Waals surface area (Å²) in [5.74, 6) is 0.0640. The Bertz CT molecular complexity index is 1140. The number of carbonyl (C=O) groups excluding carboxylic acids is 3. The molecule has 8 nitrogen and oxygen atoms in total. The molecule has 2 heterocycles. The molecule has 1 aliphatic rings. The van der Waals surface area contributed by atoms with Crippen LogP contribution in [-0.4, -0.2) is 53.6 Å². The summed E-state index contributed by atoms with van der Waals surface area (Å²) in [5, 5.41) is 6.60. The molecule has 8 heteroatoms. The second-order valence-corrected chi connectivity index (χ2v) is 7.68. The van der Waals surface area contributed by atoms with Crippen LogP contribution in [0.2, 0.25) is 0 Å². The number of amides is 4. The Morgan fingerprint density at radius 2 is 1.84 bits per heavy atom. The monoisotopic (exact) mass is 434 g/mol. The molecule has 1 aliphatic heterocycles. The third-order valence-electron chi connectivity index (χ3n) is 5.65. The molecule has 0 spiro atoms. The topological polar surface area (TPSA) is 92.7 Å². The van der Waals surface area contributed by atoms with E-state index in [-0.39, 0.29) is 24.8 Å². The average molecular weight is 434 g/mol. The Labute approximate surface area is 186 Å². The van der Waals surface area contributed by atoms with E-state index in [1.165, 1.54) is 0 Å². The summed E-state index contributed by atoms with van der Waals surface area (Å²) in [5.41, 5.74) is 2.01. The van der Waals surface area contributed by atoms with Gasteiger partial charge in [0.25, 0.3) is 5.91 Å². The highest BCUT2D eigenvalue weighted by Crippen LogP contribution is 2.19. The highest BCUT2D eigenvalue weighted by molar-refractivity contribution is 6.05. The molecular weight excluding hydrogens is 408 g/mol. The van der Waals surface area contributed by atoms with Crippen molar-refractivity contribution < 1.29 is 19.1 Å². The van der Waals surface area contributed by atoms with Gasteiger partial charge in [-0.3, -0.25) is 14.5 Å². The molecule has 3 aromatic rings. The van der Waals surface area contributed by atoms with E-state index in [0.717, 1.165) is 21.4 Å². The molecule has 0 unspecified atom stereocenters. The first-order valence-corrected chi connectivity index (χ1v) is 10.6. The lowest BCUT2D eigenvalue weighted by Gasteiger charge is -2.14. The van der Waals surface area contributed by atoms with Crippen LogP contribution in [0, 0.1) is 0 Å². The van der Waals surface area contributed by atoms with Gasteiger partial charge in [0.1, 0.15) is 11.8 Å². The van der Waals surface area contributed by atoms with Crippen molar-refractivity contribution in [1.29, 1.82) is 0 Å². The van der Waals surface area contributed by atoms with Crippen LogP contribution in [-0.2, 0) is 22.6 Å². The molecule has 4 amide bonds. The molecule has 166 valence electrons. The summed E-state index contributed by atoms with van der Waals surface area (Å²) in [6.45, 7) is 1.28. The van der Waals surface area contributed by atoms with Gasteiger partial charge in [0.05, 0.1) is 13.5 Å². The second-order valence-electron chi connectivity index (χ2n) is 7.68. The van der Waals surface area contributed by atoms with Crippen molar-refractivity contribution in [2.45, 2.75) is 25.4 Å². The molecule has 2 aromatic carbocycles. The largest absolute Gasteiger partial charge is 0.496 e. The van der Waals surface area contributed by atoms with Crippen LogP contribution < -0.4 is 15.4 Å². The number of para-hydroxylation sites is 2. The lowest BCUT2D eigenvalue weighted by atomic mass is 10.1. The zero-order chi connectivity index (χ0) is 22.5. The number of imide groups is 1. The van der Waals surface area contributed by atoms with E-state index in [9.17, 15) is 14.4 Å². The maximum absolute atomic E-state index is 12.7. The van der Waals surface area contributed by atoms with Crippen molar-refractivity contribution in [2.24, 2.45) is 0 Å². The van der Waals surface area contributed by atoms with Gasteiger partial charge < -0.3 is 19.9 Å². The highest BCUT2D eigenvalue weighted by Gasteiger charge is 2.38. The van der Waals surface area contributed by atoms with Gasteiger partial charge in [0, 0.05) is 31.3 Å². The number of nitrogens with one attached hydrogen (secondary N) is 2. The van der Waals surface area contributed by atoms with E-state index in [0.29, 0.717) is 25.3 Å². The fourth-order valence-corrected chi connectivity index (χ4v) is 3.98. The van der Waals surface area contributed by atoms with Crippen molar-refractivity contribution in [1.82, 2.24) is 20.1 Å². The van der Waals surface area contributed by atoms with Gasteiger partial charge in [-0.1, -0.05) is 36.4 Å². The van der Waals surface area contributed by atoms with E-state index in [2.05, 4.69) is 15.2 Å². The normalized spacial score (nSPS) is 15.8. The van der Waals surface area contributed by atoms with Crippen LogP contribution in [0.5, 0.6) is 5.75 Å². The predicted octanol–water partition coefficient (Wildman–Crippen LogP) is 2.32. The second kappa shape index (κ2) is 9.55. The quantitative estimate of drug-likeness (QED) is 0.506. The number of rotatable bonds is 9. The molecule has 1 fully saturated rings. The van der Waals surface area contributed by atoms with Crippen LogP contribution >= 0.6 is 0 Å². The average Bonchev–Trinajstić information content (AvgIpc) is 3.33. The van der Waals surface area contributed by atoms with E-state index in [1.54, 1.807) is 7.11 Å². The van der Waals surface area contributed by atoms with Gasteiger partial charge in [0.15, 0.2) is 0 Å². The molecule has 32 heavy (non-hydrogen) atoms. The fourth-order valence-electron chi connectivity index (χ4n) is 3.98. The molecule has 1 aromatic heterocycles. The Balaban J connectivity index is 1.26. The van der Waals surface area contributed by atoms with E-state index < -0.39 is 12.1 Å². The number of aromatic nitrogens is 1. The van der Waals surface area contributed by atoms with E-state index in [4.69, 9.17) is 4.74 Å². The summed E-state index contributed by atoms with van der Waals surface area (Å²) >= 11 is 0. The SMILES string of the molecule is COc1ccccc1CCN1C(=O)N[C@@H](CC(=O)NCCn2ccc3ccccc32)C1=O. The summed E-state index contributed by atoms with van der Waals surface area (Å²) in [7, 11) is 1.58. The molecule has 0 aliphatic carbocycles. The van der Waals surface area contributed by atoms with Crippen LogP contribution in [0.25, 0.3) is 10.9 Å². The van der Waals surface area contributed by atoms with Gasteiger partial charge in [-0.15, -0.1) is 0 Å². The summed E-state index contributed by atoms with van der Waals surface area (Å²) in [6, 6.07) is 16.2. The van der Waals surface area contributed by atoms with Crippen molar-refractivity contribution in [2.75, 3.05) is 20.2 Å². The Morgan fingerprint density at radius 1 is 1.06 bits per heavy atom. The zero-order valence-electron chi connectivity index (χ0n) is 17.9. The molecular formula is C24H26N4O4. The fraction of sp³-hybridized carbons (Fsp3) is 0.292. The third kappa shape index (κ3) is 4.59. The Kier molecular flexibility index (Phi) is 6.39. The molecule has 0 radical (unpaired) electrons. The minimum Gasteiger partial charge on any atom is -0.496 e. The zero-order valence-corrected chi connectivity index (χ0v) is 17.9. The first-order valence-electron chi connectivity index (χ1n) is 10.6. The summed E-state index contributed by atoms with van der Waals surface area (Å²) < 4.78 is 7.38. The van der Waals surface area contributed by atoms with E-state index >= 15 is 0 Å². The van der Waals surface area contributed by atoms with Crippen molar-refractivity contribution in [3.05, 3.63) is 66.4 Å². The lowest BCUT2D eigenvalue weighted by Crippen LogP contribution is -2.37. The molecule has 2 N–H and O–H groups in total. The minimum absolute atomic E-state index is 0.0812. The Hall–Kier alpha value is -3.81. The van der Waals surface area contributed by atoms with Crippen LogP contribution in [0.15, 0.2) is 60.8 Å².